The third-order valence-electron chi connectivity index (χ3n) is 8.90. The molecule has 0 fully saturated rings. The zero-order valence-corrected chi connectivity index (χ0v) is 22.7. The Morgan fingerprint density at radius 1 is 0.543 bits per heavy atom. The van der Waals surface area contributed by atoms with Gasteiger partial charge in [0.2, 0.25) is 0 Å². The Labute approximate surface area is 216 Å². The number of hydrogen-bond donors (Lipinski definition) is 0. The van der Waals surface area contributed by atoms with Gasteiger partial charge in [-0.3, -0.25) is 0 Å². The predicted molar refractivity (Wildman–Crippen MR) is 147 cm³/mol. The van der Waals surface area contributed by atoms with E-state index in [-0.39, 0.29) is 0 Å². The van der Waals surface area contributed by atoms with Gasteiger partial charge in [0.25, 0.3) is 0 Å². The van der Waals surface area contributed by atoms with E-state index >= 15 is 0 Å². The second-order valence-electron chi connectivity index (χ2n) is 11.7. The van der Waals surface area contributed by atoms with E-state index in [1.165, 1.54) is 119 Å². The van der Waals surface area contributed by atoms with E-state index in [1.807, 2.05) is 0 Å². The SMILES string of the molecule is O=C([O-])C(C/C1=C/CCCCCCCC1)(/C1=C/CCCCCCCC1)/C1=C/CCCCCCCC1. The highest BCUT2D eigenvalue weighted by atomic mass is 16.4. The molecule has 0 saturated heterocycles. The summed E-state index contributed by atoms with van der Waals surface area (Å²) in [4.78, 5) is 13.5. The van der Waals surface area contributed by atoms with Crippen molar-refractivity contribution in [3.8, 4) is 0 Å². The second kappa shape index (κ2) is 16.4. The van der Waals surface area contributed by atoms with Crippen LogP contribution >= 0.6 is 0 Å². The molecule has 198 valence electrons. The zero-order chi connectivity index (χ0) is 24.6. The zero-order valence-electron chi connectivity index (χ0n) is 22.7. The van der Waals surface area contributed by atoms with E-state index in [0.29, 0.717) is 6.42 Å². The Balaban J connectivity index is 2.01. The molecule has 0 unspecified atom stereocenters. The number of carbonyl (C=O) groups excluding carboxylic acids is 1. The van der Waals surface area contributed by atoms with Crippen LogP contribution in [0.4, 0.5) is 0 Å². The van der Waals surface area contributed by atoms with Crippen LogP contribution in [0.15, 0.2) is 34.9 Å². The van der Waals surface area contributed by atoms with Crippen molar-refractivity contribution in [2.24, 2.45) is 5.41 Å². The number of carboxylic acids is 1. The summed E-state index contributed by atoms with van der Waals surface area (Å²) in [5.41, 5.74) is 2.86. The smallest absolute Gasteiger partial charge is 0.0561 e. The lowest BCUT2D eigenvalue weighted by Gasteiger charge is -2.42. The number of rotatable bonds is 5. The summed E-state index contributed by atoms with van der Waals surface area (Å²) < 4.78 is 0. The molecule has 2 heteroatoms. The predicted octanol–water partition coefficient (Wildman–Crippen LogP) is 9.30. The van der Waals surface area contributed by atoms with Gasteiger partial charge in [-0.25, -0.2) is 0 Å². The Morgan fingerprint density at radius 2 is 0.914 bits per heavy atom. The molecule has 0 bridgehead atoms. The largest absolute Gasteiger partial charge is 0.549 e. The van der Waals surface area contributed by atoms with E-state index in [2.05, 4.69) is 18.2 Å². The molecule has 0 N–H and O–H groups in total. The average Bonchev–Trinajstić information content (AvgIpc) is 2.88. The first-order chi connectivity index (χ1) is 17.2. The van der Waals surface area contributed by atoms with Crippen molar-refractivity contribution in [2.75, 3.05) is 0 Å². The minimum absolute atomic E-state index is 0.660. The van der Waals surface area contributed by atoms with Gasteiger partial charge in [-0.1, -0.05) is 112 Å². The molecule has 0 radical (unpaired) electrons. The van der Waals surface area contributed by atoms with Crippen LogP contribution in [0.2, 0.25) is 0 Å². The lowest BCUT2D eigenvalue weighted by atomic mass is 9.65. The molecule has 0 aromatic heterocycles. The summed E-state index contributed by atoms with van der Waals surface area (Å²) in [6, 6.07) is 0. The molecule has 35 heavy (non-hydrogen) atoms. The first-order valence-corrected chi connectivity index (χ1v) is 15.5. The highest BCUT2D eigenvalue weighted by molar-refractivity contribution is 5.81. The summed E-state index contributed by atoms with van der Waals surface area (Å²) in [6.45, 7) is 0. The van der Waals surface area contributed by atoms with Gasteiger partial charge in [-0.2, -0.15) is 0 Å². The molecule has 3 rings (SSSR count). The molecular formula is C33H53O2-. The Hall–Kier alpha value is -1.31. The maximum absolute atomic E-state index is 13.5. The van der Waals surface area contributed by atoms with Crippen LogP contribution in [0, 0.1) is 5.41 Å². The number of hydrogen-bond acceptors (Lipinski definition) is 2. The summed E-state index contributed by atoms with van der Waals surface area (Å²) in [6.07, 6.45) is 36.5. The van der Waals surface area contributed by atoms with Crippen molar-refractivity contribution >= 4 is 5.97 Å². The number of allylic oxidation sites excluding steroid dienone is 4. The topological polar surface area (TPSA) is 40.1 Å². The average molecular weight is 482 g/mol. The third-order valence-corrected chi connectivity index (χ3v) is 8.90. The number of aliphatic carboxylic acids is 1. The van der Waals surface area contributed by atoms with E-state index in [0.717, 1.165) is 51.4 Å². The van der Waals surface area contributed by atoms with Crippen LogP contribution in [0.25, 0.3) is 0 Å². The van der Waals surface area contributed by atoms with Gasteiger partial charge in [0, 0.05) is 0 Å². The molecule has 0 aliphatic heterocycles. The lowest BCUT2D eigenvalue weighted by molar-refractivity contribution is -0.315. The van der Waals surface area contributed by atoms with Crippen LogP contribution in [0.1, 0.15) is 161 Å². The maximum Gasteiger partial charge on any atom is 0.0561 e. The molecule has 3 aliphatic carbocycles. The Morgan fingerprint density at radius 3 is 1.37 bits per heavy atom. The quantitative estimate of drug-likeness (QED) is 0.367. The second-order valence-corrected chi connectivity index (χ2v) is 11.7. The number of carboxylic acid groups (broad SMARTS) is 1. The molecule has 0 aromatic rings. The fraction of sp³-hybridized carbons (Fsp3) is 0.788. The molecular weight excluding hydrogens is 428 g/mol. The summed E-state index contributed by atoms with van der Waals surface area (Å²) in [7, 11) is 0. The van der Waals surface area contributed by atoms with Gasteiger partial charge >= 0.3 is 0 Å². The van der Waals surface area contributed by atoms with E-state index < -0.39 is 11.4 Å². The van der Waals surface area contributed by atoms with Crippen molar-refractivity contribution in [2.45, 2.75) is 161 Å². The molecule has 2 nitrogen and oxygen atoms in total. The van der Waals surface area contributed by atoms with E-state index in [9.17, 15) is 9.90 Å². The first kappa shape index (κ1) is 28.3. The summed E-state index contributed by atoms with van der Waals surface area (Å²) in [5, 5.41) is 13.5. The monoisotopic (exact) mass is 481 g/mol. The summed E-state index contributed by atoms with van der Waals surface area (Å²) in [5.74, 6) is -0.817. The van der Waals surface area contributed by atoms with Gasteiger partial charge in [0.05, 0.1) is 11.4 Å². The van der Waals surface area contributed by atoms with E-state index in [4.69, 9.17) is 0 Å². The Bertz CT molecular complexity index is 677. The fourth-order valence-electron chi connectivity index (χ4n) is 6.75. The van der Waals surface area contributed by atoms with Crippen LogP contribution < -0.4 is 5.11 Å². The maximum atomic E-state index is 13.5. The van der Waals surface area contributed by atoms with Crippen LogP contribution in [0.5, 0.6) is 0 Å². The number of carbonyl (C=O) groups is 1. The van der Waals surface area contributed by atoms with Crippen LogP contribution in [-0.4, -0.2) is 5.97 Å². The van der Waals surface area contributed by atoms with Crippen molar-refractivity contribution < 1.29 is 9.90 Å². The van der Waals surface area contributed by atoms with Crippen LogP contribution in [0.3, 0.4) is 0 Å². The first-order valence-electron chi connectivity index (χ1n) is 15.5. The molecule has 0 spiro atoms. The van der Waals surface area contributed by atoms with Crippen molar-refractivity contribution in [3.63, 3.8) is 0 Å². The van der Waals surface area contributed by atoms with Gasteiger partial charge in [0.1, 0.15) is 0 Å². The van der Waals surface area contributed by atoms with Gasteiger partial charge < -0.3 is 9.90 Å². The third kappa shape index (κ3) is 9.25. The van der Waals surface area contributed by atoms with Crippen molar-refractivity contribution in [1.82, 2.24) is 0 Å². The summed E-state index contributed by atoms with van der Waals surface area (Å²) >= 11 is 0. The normalized spacial score (nSPS) is 27.7. The van der Waals surface area contributed by atoms with E-state index in [1.54, 1.807) is 0 Å². The Kier molecular flexibility index (Phi) is 13.3. The van der Waals surface area contributed by atoms with Crippen molar-refractivity contribution in [1.29, 1.82) is 0 Å². The van der Waals surface area contributed by atoms with Gasteiger partial charge in [-0.05, 0) is 83.5 Å². The van der Waals surface area contributed by atoms with Gasteiger partial charge in [0.15, 0.2) is 0 Å². The molecule has 0 amide bonds. The fourth-order valence-corrected chi connectivity index (χ4v) is 6.75. The molecule has 0 atom stereocenters. The highest BCUT2D eigenvalue weighted by Gasteiger charge is 2.39. The minimum atomic E-state index is -0.922. The highest BCUT2D eigenvalue weighted by Crippen LogP contribution is 2.47. The molecule has 0 heterocycles. The van der Waals surface area contributed by atoms with Crippen molar-refractivity contribution in [3.05, 3.63) is 34.9 Å². The van der Waals surface area contributed by atoms with Gasteiger partial charge in [-0.15, -0.1) is 0 Å². The molecule has 3 aliphatic rings. The molecule has 0 saturated carbocycles. The lowest BCUT2D eigenvalue weighted by Crippen LogP contribution is -2.46. The van der Waals surface area contributed by atoms with Crippen LogP contribution in [-0.2, 0) is 4.79 Å². The molecule has 0 aromatic carbocycles. The standard InChI is InChI=1S/C33H54O2/c34-32(35)33(30-24-18-12-6-2-7-13-19-25-30,31-26-20-14-8-3-9-15-21-27-31)28-29-22-16-10-4-1-5-11-17-23-29/h22,24,26H,1-21,23,25,27-28H2,(H,34,35)/p-1/b29-22+,30-24+,31-26+. The minimum Gasteiger partial charge on any atom is -0.549 e.